The molecule has 0 spiro atoms. The standard InChI is InChI=1S/C18H15ClN2O4/c19-12-5-3-4-11(8-12)16(21-15-6-1-2-7-20-15)18-17(24)14(23)9-13(10-22)25-18/h1-9,16,22,24H,10H2,(H,20,21). The van der Waals surface area contributed by atoms with Crippen molar-refractivity contribution in [3.63, 3.8) is 0 Å². The minimum Gasteiger partial charge on any atom is -0.502 e. The maximum atomic E-state index is 12.0. The smallest absolute Gasteiger partial charge is 0.227 e. The van der Waals surface area contributed by atoms with Crippen LogP contribution in [0.3, 0.4) is 0 Å². The van der Waals surface area contributed by atoms with Crippen molar-refractivity contribution >= 4 is 17.4 Å². The zero-order valence-corrected chi connectivity index (χ0v) is 13.8. The van der Waals surface area contributed by atoms with Gasteiger partial charge in [0.25, 0.3) is 0 Å². The van der Waals surface area contributed by atoms with Gasteiger partial charge in [0.2, 0.25) is 11.2 Å². The summed E-state index contributed by atoms with van der Waals surface area (Å²) in [6.07, 6.45) is 1.61. The molecule has 0 saturated carbocycles. The fourth-order valence-corrected chi connectivity index (χ4v) is 2.61. The predicted molar refractivity (Wildman–Crippen MR) is 93.7 cm³/mol. The molecular formula is C18H15ClN2O4. The molecule has 1 atom stereocenters. The molecule has 2 heterocycles. The number of hydrogen-bond donors (Lipinski definition) is 3. The molecule has 0 radical (unpaired) electrons. The number of aliphatic hydroxyl groups excluding tert-OH is 1. The molecule has 25 heavy (non-hydrogen) atoms. The van der Waals surface area contributed by atoms with E-state index in [1.54, 1.807) is 48.7 Å². The zero-order chi connectivity index (χ0) is 17.8. The summed E-state index contributed by atoms with van der Waals surface area (Å²) < 4.78 is 5.53. The summed E-state index contributed by atoms with van der Waals surface area (Å²) in [7, 11) is 0. The van der Waals surface area contributed by atoms with Gasteiger partial charge in [-0.3, -0.25) is 4.79 Å². The number of nitrogens with zero attached hydrogens (tertiary/aromatic N) is 1. The molecule has 0 aliphatic rings. The Labute approximate surface area is 148 Å². The van der Waals surface area contributed by atoms with Gasteiger partial charge in [-0.25, -0.2) is 4.98 Å². The molecule has 1 aromatic carbocycles. The van der Waals surface area contributed by atoms with E-state index < -0.39 is 23.8 Å². The highest BCUT2D eigenvalue weighted by Crippen LogP contribution is 2.32. The third-order valence-electron chi connectivity index (χ3n) is 3.56. The molecule has 7 heteroatoms. The number of aromatic nitrogens is 1. The average molecular weight is 359 g/mol. The SMILES string of the molecule is O=c1cc(CO)oc(C(Nc2ccccn2)c2cccc(Cl)c2)c1O. The second kappa shape index (κ2) is 7.38. The number of benzene rings is 1. The van der Waals surface area contributed by atoms with Crippen molar-refractivity contribution < 1.29 is 14.6 Å². The van der Waals surface area contributed by atoms with Crippen LogP contribution in [0.5, 0.6) is 5.75 Å². The van der Waals surface area contributed by atoms with Crippen LogP contribution in [-0.4, -0.2) is 15.2 Å². The summed E-state index contributed by atoms with van der Waals surface area (Å²) >= 11 is 6.07. The Morgan fingerprint density at radius 1 is 1.20 bits per heavy atom. The van der Waals surface area contributed by atoms with Gasteiger partial charge in [-0.05, 0) is 29.8 Å². The van der Waals surface area contributed by atoms with Crippen molar-refractivity contribution in [3.05, 3.63) is 87.1 Å². The van der Waals surface area contributed by atoms with E-state index in [4.69, 9.17) is 16.0 Å². The lowest BCUT2D eigenvalue weighted by Gasteiger charge is -2.20. The first kappa shape index (κ1) is 17.0. The monoisotopic (exact) mass is 358 g/mol. The molecular weight excluding hydrogens is 344 g/mol. The predicted octanol–water partition coefficient (Wildman–Crippen LogP) is 3.09. The van der Waals surface area contributed by atoms with Gasteiger partial charge >= 0.3 is 0 Å². The van der Waals surface area contributed by atoms with Crippen LogP contribution in [-0.2, 0) is 6.61 Å². The lowest BCUT2D eigenvalue weighted by molar-refractivity contribution is 0.234. The zero-order valence-electron chi connectivity index (χ0n) is 13.0. The summed E-state index contributed by atoms with van der Waals surface area (Å²) in [4.78, 5) is 16.2. The Hall–Kier alpha value is -2.83. The quantitative estimate of drug-likeness (QED) is 0.648. The number of aliphatic hydroxyl groups is 1. The number of anilines is 1. The lowest BCUT2D eigenvalue weighted by atomic mass is 10.0. The van der Waals surface area contributed by atoms with Crippen LogP contribution in [0.1, 0.15) is 23.1 Å². The molecule has 0 bridgehead atoms. The van der Waals surface area contributed by atoms with Gasteiger partial charge in [0.05, 0.1) is 0 Å². The van der Waals surface area contributed by atoms with E-state index in [1.807, 2.05) is 0 Å². The molecule has 3 aromatic rings. The molecule has 0 saturated heterocycles. The highest BCUT2D eigenvalue weighted by Gasteiger charge is 2.24. The second-order valence-electron chi connectivity index (χ2n) is 5.30. The van der Waals surface area contributed by atoms with Gasteiger partial charge in [0, 0.05) is 17.3 Å². The van der Waals surface area contributed by atoms with Crippen LogP contribution < -0.4 is 10.7 Å². The third-order valence-corrected chi connectivity index (χ3v) is 3.79. The van der Waals surface area contributed by atoms with E-state index in [-0.39, 0.29) is 11.5 Å². The van der Waals surface area contributed by atoms with Crippen LogP contribution in [0.15, 0.2) is 63.9 Å². The van der Waals surface area contributed by atoms with Crippen molar-refractivity contribution in [1.82, 2.24) is 4.98 Å². The number of halogens is 1. The summed E-state index contributed by atoms with van der Waals surface area (Å²) in [6.45, 7) is -0.464. The first-order valence-electron chi connectivity index (χ1n) is 7.48. The molecule has 0 amide bonds. The van der Waals surface area contributed by atoms with Crippen LogP contribution in [0.25, 0.3) is 0 Å². The number of nitrogens with one attached hydrogen (secondary N) is 1. The molecule has 2 aromatic heterocycles. The molecule has 0 aliphatic heterocycles. The normalized spacial score (nSPS) is 11.9. The van der Waals surface area contributed by atoms with E-state index in [1.165, 1.54) is 0 Å². The third kappa shape index (κ3) is 3.81. The molecule has 128 valence electrons. The molecule has 0 fully saturated rings. The van der Waals surface area contributed by atoms with E-state index in [2.05, 4.69) is 10.3 Å². The second-order valence-corrected chi connectivity index (χ2v) is 5.73. The molecule has 3 N–H and O–H groups in total. The fourth-order valence-electron chi connectivity index (χ4n) is 2.41. The summed E-state index contributed by atoms with van der Waals surface area (Å²) in [5.41, 5.74) is 0.0202. The maximum Gasteiger partial charge on any atom is 0.227 e. The molecule has 0 aliphatic carbocycles. The first-order valence-corrected chi connectivity index (χ1v) is 7.86. The van der Waals surface area contributed by atoms with Crippen molar-refractivity contribution in [2.75, 3.05) is 5.32 Å². The van der Waals surface area contributed by atoms with E-state index in [0.29, 0.717) is 16.4 Å². The fraction of sp³-hybridized carbons (Fsp3) is 0.111. The van der Waals surface area contributed by atoms with Gasteiger partial charge in [-0.15, -0.1) is 0 Å². The molecule has 3 rings (SSSR count). The highest BCUT2D eigenvalue weighted by atomic mass is 35.5. The lowest BCUT2D eigenvalue weighted by Crippen LogP contribution is -2.17. The van der Waals surface area contributed by atoms with Gasteiger partial charge in [0.1, 0.15) is 24.2 Å². The average Bonchev–Trinajstić information content (AvgIpc) is 2.63. The van der Waals surface area contributed by atoms with Crippen LogP contribution in [0.4, 0.5) is 5.82 Å². The van der Waals surface area contributed by atoms with E-state index in [0.717, 1.165) is 6.07 Å². The van der Waals surface area contributed by atoms with Gasteiger partial charge in [-0.2, -0.15) is 0 Å². The van der Waals surface area contributed by atoms with Crippen molar-refractivity contribution in [2.24, 2.45) is 0 Å². The van der Waals surface area contributed by atoms with Crippen molar-refractivity contribution in [1.29, 1.82) is 0 Å². The minimum atomic E-state index is -0.729. The Bertz CT molecular complexity index is 928. The Morgan fingerprint density at radius 2 is 2.04 bits per heavy atom. The van der Waals surface area contributed by atoms with E-state index in [9.17, 15) is 15.0 Å². The van der Waals surface area contributed by atoms with Gasteiger partial charge in [0.15, 0.2) is 5.76 Å². The summed E-state index contributed by atoms with van der Waals surface area (Å²) in [5.74, 6) is 0.00616. The largest absolute Gasteiger partial charge is 0.502 e. The number of pyridine rings is 1. The summed E-state index contributed by atoms with van der Waals surface area (Å²) in [6, 6.07) is 12.5. The Kier molecular flexibility index (Phi) is 5.02. The summed E-state index contributed by atoms with van der Waals surface area (Å²) in [5, 5.41) is 23.1. The Balaban J connectivity index is 2.14. The number of rotatable bonds is 5. The molecule has 6 nitrogen and oxygen atoms in total. The van der Waals surface area contributed by atoms with Gasteiger partial charge < -0.3 is 19.9 Å². The number of aromatic hydroxyl groups is 1. The van der Waals surface area contributed by atoms with Crippen LogP contribution >= 0.6 is 11.6 Å². The van der Waals surface area contributed by atoms with Gasteiger partial charge in [-0.1, -0.05) is 29.8 Å². The van der Waals surface area contributed by atoms with E-state index >= 15 is 0 Å². The highest BCUT2D eigenvalue weighted by molar-refractivity contribution is 6.30. The van der Waals surface area contributed by atoms with Crippen LogP contribution in [0, 0.1) is 0 Å². The van der Waals surface area contributed by atoms with Crippen molar-refractivity contribution in [2.45, 2.75) is 12.6 Å². The minimum absolute atomic E-state index is 0.0236. The topological polar surface area (TPSA) is 95.6 Å². The Morgan fingerprint density at radius 3 is 2.72 bits per heavy atom. The maximum absolute atomic E-state index is 12.0. The molecule has 1 unspecified atom stereocenters. The van der Waals surface area contributed by atoms with Crippen LogP contribution in [0.2, 0.25) is 5.02 Å². The van der Waals surface area contributed by atoms with Crippen molar-refractivity contribution in [3.8, 4) is 5.75 Å². The number of hydrogen-bond acceptors (Lipinski definition) is 6. The first-order chi connectivity index (χ1) is 12.1.